The molecule has 0 spiro atoms. The lowest BCUT2D eigenvalue weighted by Crippen LogP contribution is -2.13. The Hall–Kier alpha value is -0.823. The average molecular weight is 148 g/mol. The summed E-state index contributed by atoms with van der Waals surface area (Å²) in [7, 11) is -0.171. The molecule has 1 rings (SSSR count). The lowest BCUT2D eigenvalue weighted by molar-refractivity contribution is 1.68. The first-order valence-corrected chi connectivity index (χ1v) is 4.89. The van der Waals surface area contributed by atoms with Crippen LogP contribution in [0.2, 0.25) is 0 Å². The van der Waals surface area contributed by atoms with Gasteiger partial charge in [-0.1, -0.05) is 40.7 Å². The van der Waals surface area contributed by atoms with Crippen molar-refractivity contribution in [1.82, 2.24) is 0 Å². The molecule has 0 unspecified atom stereocenters. The zero-order valence-corrected chi connectivity index (χ0v) is 7.72. The zero-order valence-electron chi connectivity index (χ0n) is 6.30. The number of allylic oxidation sites excluding steroid dienone is 1. The minimum atomic E-state index is -0.171. The van der Waals surface area contributed by atoms with Gasteiger partial charge in [-0.15, -0.1) is 6.58 Å². The Morgan fingerprint density at radius 1 is 1.30 bits per heavy atom. The van der Waals surface area contributed by atoms with Crippen LogP contribution in [0.15, 0.2) is 42.1 Å². The maximum Gasteiger partial charge on any atom is 0.0812 e. The van der Waals surface area contributed by atoms with Gasteiger partial charge in [0.1, 0.15) is 0 Å². The summed E-state index contributed by atoms with van der Waals surface area (Å²) in [6.07, 6.45) is 0. The van der Waals surface area contributed by atoms with Crippen LogP contribution in [-0.4, -0.2) is 9.52 Å². The van der Waals surface area contributed by atoms with Crippen LogP contribution < -0.4 is 5.19 Å². The van der Waals surface area contributed by atoms with Crippen molar-refractivity contribution in [3.8, 4) is 0 Å². The molecule has 0 N–H and O–H groups in total. The smallest absolute Gasteiger partial charge is 0.0812 e. The van der Waals surface area contributed by atoms with E-state index in [0.717, 1.165) is 0 Å². The summed E-state index contributed by atoms with van der Waals surface area (Å²) < 4.78 is 0. The standard InChI is InChI=1S/C9H12Si/c1-8(2)10-9-6-4-3-5-7-9/h3-7H,1,10H2,2H3. The molecule has 1 heteroatoms. The molecule has 0 fully saturated rings. The lowest BCUT2D eigenvalue weighted by atomic mass is 10.4. The Labute approximate surface area is 64.4 Å². The van der Waals surface area contributed by atoms with Crippen LogP contribution in [-0.2, 0) is 0 Å². The van der Waals surface area contributed by atoms with Gasteiger partial charge in [0, 0.05) is 0 Å². The highest BCUT2D eigenvalue weighted by molar-refractivity contribution is 6.60. The molecule has 0 saturated heterocycles. The third-order valence-corrected chi connectivity index (χ3v) is 2.83. The van der Waals surface area contributed by atoms with Gasteiger partial charge < -0.3 is 0 Å². The Morgan fingerprint density at radius 3 is 2.40 bits per heavy atom. The van der Waals surface area contributed by atoms with E-state index < -0.39 is 0 Å². The Balaban J connectivity index is 2.67. The van der Waals surface area contributed by atoms with Crippen LogP contribution in [0.1, 0.15) is 6.92 Å². The molecule has 10 heavy (non-hydrogen) atoms. The molecular formula is C9H12Si. The molecule has 0 aliphatic carbocycles. The Bertz CT molecular complexity index is 213. The van der Waals surface area contributed by atoms with Crippen LogP contribution in [0, 0.1) is 0 Å². The normalized spacial score (nSPS) is 10.5. The van der Waals surface area contributed by atoms with Crippen LogP contribution >= 0.6 is 0 Å². The minimum Gasteiger partial charge on any atom is -0.104 e. The first-order valence-electron chi connectivity index (χ1n) is 3.47. The molecule has 0 nitrogen and oxygen atoms in total. The third kappa shape index (κ3) is 2.19. The van der Waals surface area contributed by atoms with Crippen molar-refractivity contribution in [1.29, 1.82) is 0 Å². The third-order valence-electron chi connectivity index (χ3n) is 1.35. The van der Waals surface area contributed by atoms with Gasteiger partial charge in [0.05, 0.1) is 9.52 Å². The van der Waals surface area contributed by atoms with E-state index in [1.54, 1.807) is 0 Å². The molecule has 52 valence electrons. The summed E-state index contributed by atoms with van der Waals surface area (Å²) in [6, 6.07) is 10.6. The van der Waals surface area contributed by atoms with Gasteiger partial charge in [-0.05, 0) is 6.92 Å². The fraction of sp³-hybridized carbons (Fsp3) is 0.111. The first-order chi connectivity index (χ1) is 4.79. The molecular weight excluding hydrogens is 136 g/mol. The second-order valence-corrected chi connectivity index (χ2v) is 5.00. The van der Waals surface area contributed by atoms with Crippen molar-refractivity contribution in [2.75, 3.05) is 0 Å². The first kappa shape index (κ1) is 7.29. The lowest BCUT2D eigenvalue weighted by Gasteiger charge is -1.96. The maximum atomic E-state index is 3.91. The predicted octanol–water partition coefficient (Wildman–Crippen LogP) is 1.01. The van der Waals surface area contributed by atoms with Gasteiger partial charge in [-0.25, -0.2) is 0 Å². The fourth-order valence-corrected chi connectivity index (χ4v) is 2.15. The van der Waals surface area contributed by atoms with Crippen LogP contribution in [0.25, 0.3) is 0 Å². The van der Waals surface area contributed by atoms with Gasteiger partial charge in [-0.2, -0.15) is 0 Å². The minimum absolute atomic E-state index is 0.171. The fourth-order valence-electron chi connectivity index (χ4n) is 0.944. The summed E-state index contributed by atoms with van der Waals surface area (Å²) in [5, 5.41) is 2.83. The van der Waals surface area contributed by atoms with Gasteiger partial charge in [0.2, 0.25) is 0 Å². The second-order valence-electron chi connectivity index (χ2n) is 2.62. The molecule has 0 amide bonds. The SMILES string of the molecule is C=C(C)[SiH2]c1ccccc1. The van der Waals surface area contributed by atoms with Crippen LogP contribution in [0.5, 0.6) is 0 Å². The summed E-state index contributed by atoms with van der Waals surface area (Å²) in [6.45, 7) is 6.02. The molecule has 0 bridgehead atoms. The molecule has 0 saturated carbocycles. The average Bonchev–Trinajstić information content (AvgIpc) is 1.88. The van der Waals surface area contributed by atoms with Crippen LogP contribution in [0.3, 0.4) is 0 Å². The molecule has 0 aliphatic heterocycles. The summed E-state index contributed by atoms with van der Waals surface area (Å²) in [4.78, 5) is 0. The zero-order chi connectivity index (χ0) is 7.40. The van der Waals surface area contributed by atoms with E-state index in [0.29, 0.717) is 0 Å². The molecule has 0 heterocycles. The highest BCUT2D eigenvalue weighted by atomic mass is 28.2. The van der Waals surface area contributed by atoms with Gasteiger partial charge in [0.25, 0.3) is 0 Å². The van der Waals surface area contributed by atoms with Gasteiger partial charge >= 0.3 is 0 Å². The number of rotatable bonds is 2. The van der Waals surface area contributed by atoms with E-state index in [-0.39, 0.29) is 9.52 Å². The van der Waals surface area contributed by atoms with E-state index in [9.17, 15) is 0 Å². The number of hydrogen-bond acceptors (Lipinski definition) is 0. The second kappa shape index (κ2) is 3.37. The van der Waals surface area contributed by atoms with Crippen molar-refractivity contribution < 1.29 is 0 Å². The van der Waals surface area contributed by atoms with Gasteiger partial charge in [0.15, 0.2) is 0 Å². The quantitative estimate of drug-likeness (QED) is 0.549. The van der Waals surface area contributed by atoms with Crippen molar-refractivity contribution in [2.45, 2.75) is 6.92 Å². The molecule has 0 radical (unpaired) electrons. The summed E-state index contributed by atoms with van der Waals surface area (Å²) in [5.41, 5.74) is 0. The van der Waals surface area contributed by atoms with E-state index in [2.05, 4.69) is 43.8 Å². The van der Waals surface area contributed by atoms with E-state index in [1.807, 2.05) is 0 Å². The molecule has 1 aromatic carbocycles. The van der Waals surface area contributed by atoms with E-state index in [1.165, 1.54) is 10.4 Å². The summed E-state index contributed by atoms with van der Waals surface area (Å²) in [5.74, 6) is 0. The highest BCUT2D eigenvalue weighted by Crippen LogP contribution is 1.86. The summed E-state index contributed by atoms with van der Waals surface area (Å²) >= 11 is 0. The van der Waals surface area contributed by atoms with Crippen molar-refractivity contribution in [2.24, 2.45) is 0 Å². The molecule has 0 aromatic heterocycles. The molecule has 0 aliphatic rings. The topological polar surface area (TPSA) is 0 Å². The number of hydrogen-bond donors (Lipinski definition) is 0. The molecule has 0 atom stereocenters. The van der Waals surface area contributed by atoms with Crippen molar-refractivity contribution >= 4 is 14.7 Å². The van der Waals surface area contributed by atoms with Crippen molar-refractivity contribution in [3.05, 3.63) is 42.1 Å². The predicted molar refractivity (Wildman–Crippen MR) is 49.4 cm³/mol. The van der Waals surface area contributed by atoms with Gasteiger partial charge in [-0.3, -0.25) is 0 Å². The van der Waals surface area contributed by atoms with E-state index in [4.69, 9.17) is 0 Å². The molecule has 1 aromatic rings. The maximum absolute atomic E-state index is 3.91. The Kier molecular flexibility index (Phi) is 2.46. The van der Waals surface area contributed by atoms with E-state index >= 15 is 0 Å². The number of benzene rings is 1. The monoisotopic (exact) mass is 148 g/mol. The Morgan fingerprint density at radius 2 is 1.90 bits per heavy atom. The van der Waals surface area contributed by atoms with Crippen molar-refractivity contribution in [3.63, 3.8) is 0 Å². The largest absolute Gasteiger partial charge is 0.104 e. The highest BCUT2D eigenvalue weighted by Gasteiger charge is 1.89. The van der Waals surface area contributed by atoms with Crippen LogP contribution in [0.4, 0.5) is 0 Å².